The number of amides is 1. The Labute approximate surface area is 137 Å². The van der Waals surface area contributed by atoms with Crippen molar-refractivity contribution in [3.05, 3.63) is 45.9 Å². The molecule has 7 heteroatoms. The molecule has 0 bridgehead atoms. The monoisotopic (exact) mass is 332 g/mol. The van der Waals surface area contributed by atoms with Gasteiger partial charge in [-0.25, -0.2) is 9.78 Å². The molecular weight excluding hydrogens is 316 g/mol. The van der Waals surface area contributed by atoms with E-state index >= 15 is 0 Å². The number of aryl methyl sites for hydroxylation is 1. The standard InChI is InChI=1S/C16H16N2O4S/c1-10-17-12(9-23-10)8-22-13-4-2-3-11(7-13)14(19)18-16(5-6-16)15(20)21/h2-4,7,9H,5-6,8H2,1H3,(H,18,19)(H,20,21). The highest BCUT2D eigenvalue weighted by atomic mass is 32.1. The van der Waals surface area contributed by atoms with Crippen LogP contribution >= 0.6 is 11.3 Å². The molecule has 6 nitrogen and oxygen atoms in total. The number of nitrogens with zero attached hydrogens (tertiary/aromatic N) is 1. The molecule has 1 fully saturated rings. The molecule has 0 radical (unpaired) electrons. The van der Waals surface area contributed by atoms with Gasteiger partial charge in [0.25, 0.3) is 5.91 Å². The summed E-state index contributed by atoms with van der Waals surface area (Å²) in [6.45, 7) is 2.25. The van der Waals surface area contributed by atoms with E-state index in [0.717, 1.165) is 10.7 Å². The number of ether oxygens (including phenoxy) is 1. The molecule has 0 saturated heterocycles. The molecule has 2 aromatic rings. The Kier molecular flexibility index (Phi) is 4.04. The second kappa shape index (κ2) is 6.00. The zero-order chi connectivity index (χ0) is 16.4. The quantitative estimate of drug-likeness (QED) is 0.848. The largest absolute Gasteiger partial charge is 0.487 e. The maximum Gasteiger partial charge on any atom is 0.329 e. The minimum Gasteiger partial charge on any atom is -0.487 e. The average molecular weight is 332 g/mol. The first-order valence-electron chi connectivity index (χ1n) is 7.18. The van der Waals surface area contributed by atoms with E-state index in [2.05, 4.69) is 10.3 Å². The van der Waals surface area contributed by atoms with E-state index in [0.29, 0.717) is 30.8 Å². The number of aromatic nitrogens is 1. The Morgan fingerprint density at radius 2 is 2.22 bits per heavy atom. The molecule has 3 rings (SSSR count). The molecule has 1 saturated carbocycles. The third-order valence-corrected chi connectivity index (χ3v) is 4.48. The van der Waals surface area contributed by atoms with Crippen LogP contribution in [0.15, 0.2) is 29.6 Å². The van der Waals surface area contributed by atoms with E-state index in [-0.39, 0.29) is 0 Å². The Morgan fingerprint density at radius 3 is 2.83 bits per heavy atom. The Hall–Kier alpha value is -2.41. The van der Waals surface area contributed by atoms with Crippen LogP contribution in [0.4, 0.5) is 0 Å². The van der Waals surface area contributed by atoms with Crippen molar-refractivity contribution in [3.63, 3.8) is 0 Å². The Balaban J connectivity index is 1.65. The Bertz CT molecular complexity index is 752. The van der Waals surface area contributed by atoms with Gasteiger partial charge in [0, 0.05) is 10.9 Å². The average Bonchev–Trinajstić information content (AvgIpc) is 3.20. The summed E-state index contributed by atoms with van der Waals surface area (Å²) in [6.07, 6.45) is 0.931. The number of carbonyl (C=O) groups excluding carboxylic acids is 1. The molecule has 0 spiro atoms. The van der Waals surface area contributed by atoms with Crippen molar-refractivity contribution in [2.75, 3.05) is 0 Å². The number of rotatable bonds is 6. The van der Waals surface area contributed by atoms with Crippen molar-refractivity contribution < 1.29 is 19.4 Å². The minimum absolute atomic E-state index is 0.328. The highest BCUT2D eigenvalue weighted by molar-refractivity contribution is 7.09. The van der Waals surface area contributed by atoms with E-state index < -0.39 is 17.4 Å². The normalized spacial score (nSPS) is 15.0. The van der Waals surface area contributed by atoms with Crippen molar-refractivity contribution in [3.8, 4) is 5.75 Å². The summed E-state index contributed by atoms with van der Waals surface area (Å²) in [7, 11) is 0. The predicted molar refractivity (Wildman–Crippen MR) is 84.7 cm³/mol. The third kappa shape index (κ3) is 3.50. The second-order valence-corrected chi connectivity index (χ2v) is 6.58. The molecule has 23 heavy (non-hydrogen) atoms. The molecule has 1 aromatic carbocycles. The fourth-order valence-electron chi connectivity index (χ4n) is 2.17. The molecule has 0 aliphatic heterocycles. The second-order valence-electron chi connectivity index (χ2n) is 5.52. The summed E-state index contributed by atoms with van der Waals surface area (Å²) in [5.74, 6) is -0.847. The summed E-state index contributed by atoms with van der Waals surface area (Å²) in [5, 5.41) is 14.6. The molecule has 2 N–H and O–H groups in total. The maximum atomic E-state index is 12.2. The van der Waals surface area contributed by atoms with Crippen LogP contribution in [0.25, 0.3) is 0 Å². The summed E-state index contributed by atoms with van der Waals surface area (Å²) in [4.78, 5) is 27.6. The first kappa shape index (κ1) is 15.5. The molecule has 1 aliphatic carbocycles. The van der Waals surface area contributed by atoms with Crippen LogP contribution in [0.2, 0.25) is 0 Å². The fourth-order valence-corrected chi connectivity index (χ4v) is 2.76. The number of hydrogen-bond donors (Lipinski definition) is 2. The van der Waals surface area contributed by atoms with Gasteiger partial charge in [-0.15, -0.1) is 11.3 Å². The van der Waals surface area contributed by atoms with Crippen molar-refractivity contribution in [2.24, 2.45) is 0 Å². The molecule has 0 atom stereocenters. The molecular formula is C16H16N2O4S. The Morgan fingerprint density at radius 1 is 1.43 bits per heavy atom. The fraction of sp³-hybridized carbons (Fsp3) is 0.312. The highest BCUT2D eigenvalue weighted by Crippen LogP contribution is 2.35. The summed E-state index contributed by atoms with van der Waals surface area (Å²) in [5.41, 5.74) is 0.126. The third-order valence-electron chi connectivity index (χ3n) is 3.66. The summed E-state index contributed by atoms with van der Waals surface area (Å²) >= 11 is 1.55. The van der Waals surface area contributed by atoms with Gasteiger partial charge >= 0.3 is 5.97 Å². The van der Waals surface area contributed by atoms with Crippen LogP contribution in [0.3, 0.4) is 0 Å². The van der Waals surface area contributed by atoms with Crippen LogP contribution in [-0.2, 0) is 11.4 Å². The lowest BCUT2D eigenvalue weighted by atomic mass is 10.1. The number of hydrogen-bond acceptors (Lipinski definition) is 5. The maximum absolute atomic E-state index is 12.2. The molecule has 1 heterocycles. The zero-order valence-electron chi connectivity index (χ0n) is 12.5. The lowest BCUT2D eigenvalue weighted by Crippen LogP contribution is -2.43. The number of thiazole rings is 1. The van der Waals surface area contributed by atoms with Crippen LogP contribution in [-0.4, -0.2) is 27.5 Å². The van der Waals surface area contributed by atoms with Gasteiger partial charge in [-0.2, -0.15) is 0 Å². The molecule has 0 unspecified atom stereocenters. The van der Waals surface area contributed by atoms with Crippen LogP contribution in [0.1, 0.15) is 33.9 Å². The van der Waals surface area contributed by atoms with Crippen molar-refractivity contribution >= 4 is 23.2 Å². The topological polar surface area (TPSA) is 88.5 Å². The molecule has 120 valence electrons. The van der Waals surface area contributed by atoms with Gasteiger partial charge in [-0.1, -0.05) is 6.07 Å². The number of aliphatic carboxylic acids is 1. The SMILES string of the molecule is Cc1nc(COc2cccc(C(=O)NC3(C(=O)O)CC3)c2)cs1. The van der Waals surface area contributed by atoms with Crippen LogP contribution in [0.5, 0.6) is 5.75 Å². The minimum atomic E-state index is -1.09. The smallest absolute Gasteiger partial charge is 0.329 e. The zero-order valence-corrected chi connectivity index (χ0v) is 13.4. The van der Waals surface area contributed by atoms with E-state index in [1.54, 1.807) is 35.6 Å². The van der Waals surface area contributed by atoms with Gasteiger partial charge in [0.1, 0.15) is 17.9 Å². The van der Waals surface area contributed by atoms with Gasteiger partial charge in [0.05, 0.1) is 10.7 Å². The highest BCUT2D eigenvalue weighted by Gasteiger charge is 2.51. The van der Waals surface area contributed by atoms with E-state index in [4.69, 9.17) is 9.84 Å². The number of nitrogens with one attached hydrogen (secondary N) is 1. The molecule has 1 aromatic heterocycles. The molecule has 1 amide bonds. The molecule has 1 aliphatic rings. The van der Waals surface area contributed by atoms with Crippen LogP contribution < -0.4 is 10.1 Å². The first-order chi connectivity index (χ1) is 11.0. The summed E-state index contributed by atoms with van der Waals surface area (Å²) in [6, 6.07) is 6.69. The van der Waals surface area contributed by atoms with E-state index in [1.165, 1.54) is 0 Å². The number of carboxylic acid groups (broad SMARTS) is 1. The number of carbonyl (C=O) groups is 2. The van der Waals surface area contributed by atoms with Crippen molar-refractivity contribution in [2.45, 2.75) is 31.9 Å². The van der Waals surface area contributed by atoms with E-state index in [9.17, 15) is 9.59 Å². The van der Waals surface area contributed by atoms with Crippen LogP contribution in [0, 0.1) is 6.92 Å². The van der Waals surface area contributed by atoms with Gasteiger partial charge < -0.3 is 15.2 Å². The lowest BCUT2D eigenvalue weighted by molar-refractivity contribution is -0.140. The number of benzene rings is 1. The van der Waals surface area contributed by atoms with Gasteiger partial charge in [-0.3, -0.25) is 4.79 Å². The number of carboxylic acids is 1. The van der Waals surface area contributed by atoms with Crippen molar-refractivity contribution in [1.29, 1.82) is 0 Å². The van der Waals surface area contributed by atoms with Gasteiger partial charge in [0.15, 0.2) is 0 Å². The lowest BCUT2D eigenvalue weighted by Gasteiger charge is -2.13. The van der Waals surface area contributed by atoms with Gasteiger partial charge in [-0.05, 0) is 38.0 Å². The first-order valence-corrected chi connectivity index (χ1v) is 8.06. The van der Waals surface area contributed by atoms with E-state index in [1.807, 2.05) is 12.3 Å². The summed E-state index contributed by atoms with van der Waals surface area (Å²) < 4.78 is 5.64. The van der Waals surface area contributed by atoms with Gasteiger partial charge in [0.2, 0.25) is 0 Å². The van der Waals surface area contributed by atoms with Crippen molar-refractivity contribution in [1.82, 2.24) is 10.3 Å². The predicted octanol–water partition coefficient (Wildman–Crippen LogP) is 2.38.